The molecule has 0 aliphatic carbocycles. The molecule has 4 rings (SSSR count). The molecule has 0 spiro atoms. The highest BCUT2D eigenvalue weighted by Crippen LogP contribution is 2.55. The first-order valence-electron chi connectivity index (χ1n) is 7.10. The topological polar surface area (TPSA) is 26.0 Å². The summed E-state index contributed by atoms with van der Waals surface area (Å²) in [5.41, 5.74) is 6.60. The van der Waals surface area contributed by atoms with Gasteiger partial charge in [-0.3, -0.25) is 0 Å². The third-order valence-electron chi connectivity index (χ3n) is 3.88. The Balaban J connectivity index is 2.04. The van der Waals surface area contributed by atoms with E-state index in [1.807, 2.05) is 6.92 Å². The zero-order valence-electron chi connectivity index (χ0n) is 12.7. The number of nitrogens with zero attached hydrogens (tertiary/aromatic N) is 1. The zero-order valence-corrected chi connectivity index (χ0v) is 14.3. The lowest BCUT2D eigenvalue weighted by Crippen LogP contribution is -1.87. The van der Waals surface area contributed by atoms with Crippen LogP contribution in [0.3, 0.4) is 0 Å². The molecule has 1 aliphatic rings. The van der Waals surface area contributed by atoms with E-state index in [1.54, 1.807) is 23.5 Å². The minimum absolute atomic E-state index is 0.709. The van der Waals surface area contributed by atoms with Crippen LogP contribution in [0.2, 0.25) is 0 Å². The molecule has 0 fully saturated rings. The summed E-state index contributed by atoms with van der Waals surface area (Å²) < 4.78 is 7.03. The number of aromatic nitrogens is 1. The summed E-state index contributed by atoms with van der Waals surface area (Å²) in [6.45, 7) is 10.2. The molecule has 22 heavy (non-hydrogen) atoms. The van der Waals surface area contributed by atoms with Gasteiger partial charge in [-0.05, 0) is 25.0 Å². The van der Waals surface area contributed by atoms with Crippen molar-refractivity contribution in [3.05, 3.63) is 52.1 Å². The third-order valence-corrected chi connectivity index (χ3v) is 6.33. The van der Waals surface area contributed by atoms with E-state index >= 15 is 0 Å². The van der Waals surface area contributed by atoms with Crippen LogP contribution in [0.1, 0.15) is 17.0 Å². The van der Waals surface area contributed by atoms with Gasteiger partial charge in [0.2, 0.25) is 0 Å². The summed E-state index contributed by atoms with van der Waals surface area (Å²) in [5.74, 6) is 0.709. The summed E-state index contributed by atoms with van der Waals surface area (Å²) in [6, 6.07) is 8.62. The first-order valence-corrected chi connectivity index (χ1v) is 8.73. The normalized spacial score (nSPS) is 13.9. The van der Waals surface area contributed by atoms with Gasteiger partial charge in [0.15, 0.2) is 11.5 Å². The molecule has 1 aromatic heterocycles. The lowest BCUT2D eigenvalue weighted by molar-refractivity contribution is 0.562. The second-order valence-electron chi connectivity index (χ2n) is 5.51. The number of hydrogen-bond donors (Lipinski definition) is 0. The minimum Gasteiger partial charge on any atom is -0.440 e. The highest BCUT2D eigenvalue weighted by Gasteiger charge is 2.24. The maximum Gasteiger partial charge on any atom is 0.192 e. The number of fused-ring (bicyclic) bond motifs is 2. The predicted octanol–water partition coefficient (Wildman–Crippen LogP) is 6.09. The molecule has 0 radical (unpaired) electrons. The van der Waals surface area contributed by atoms with Crippen molar-refractivity contribution in [1.82, 2.24) is 4.98 Å². The maximum atomic E-state index is 5.90. The van der Waals surface area contributed by atoms with E-state index in [1.165, 1.54) is 20.9 Å². The fourth-order valence-electron chi connectivity index (χ4n) is 2.80. The molecule has 0 amide bonds. The molecular weight excluding hydrogens is 310 g/mol. The second-order valence-corrected chi connectivity index (χ2v) is 7.97. The first-order chi connectivity index (χ1) is 10.5. The van der Waals surface area contributed by atoms with E-state index < -0.39 is 0 Å². The molecule has 0 saturated heterocycles. The Kier molecular flexibility index (Phi) is 3.13. The van der Waals surface area contributed by atoms with Crippen LogP contribution in [0.15, 0.2) is 49.3 Å². The Morgan fingerprint density at radius 3 is 2.41 bits per heavy atom. The fourth-order valence-corrected chi connectivity index (χ4v) is 5.15. The van der Waals surface area contributed by atoms with Crippen LogP contribution >= 0.6 is 23.5 Å². The summed E-state index contributed by atoms with van der Waals surface area (Å²) in [6.07, 6.45) is 0. The predicted molar refractivity (Wildman–Crippen MR) is 94.5 cm³/mol. The fraction of sp³-hybridized carbons (Fsp3) is 0.167. The Labute approximate surface area is 138 Å². The van der Waals surface area contributed by atoms with Crippen LogP contribution in [-0.2, 0) is 0 Å². The van der Waals surface area contributed by atoms with Gasteiger partial charge in [-0.1, -0.05) is 54.4 Å². The summed E-state index contributed by atoms with van der Waals surface area (Å²) in [7, 11) is 0. The van der Waals surface area contributed by atoms with Crippen molar-refractivity contribution >= 4 is 34.6 Å². The van der Waals surface area contributed by atoms with Gasteiger partial charge in [0.25, 0.3) is 0 Å². The molecule has 2 heterocycles. The molecule has 0 atom stereocenters. The lowest BCUT2D eigenvalue weighted by Gasteiger charge is -2.10. The zero-order chi connectivity index (χ0) is 15.4. The number of hydrogen-bond acceptors (Lipinski definition) is 4. The number of aryl methyl sites for hydroxylation is 3. The second kappa shape index (κ2) is 4.93. The van der Waals surface area contributed by atoms with Gasteiger partial charge in [0.1, 0.15) is 5.52 Å². The smallest absolute Gasteiger partial charge is 0.192 e. The van der Waals surface area contributed by atoms with Crippen LogP contribution < -0.4 is 0 Å². The highest BCUT2D eigenvalue weighted by atomic mass is 32.2. The van der Waals surface area contributed by atoms with Crippen molar-refractivity contribution in [2.75, 3.05) is 0 Å². The number of rotatable bonds is 1. The molecular formula is C18H15NOS2. The van der Waals surface area contributed by atoms with Crippen molar-refractivity contribution in [1.29, 1.82) is 0 Å². The van der Waals surface area contributed by atoms with Crippen LogP contribution in [0.4, 0.5) is 0 Å². The number of benzene rings is 2. The number of thioether (sulfide) groups is 2. The quantitative estimate of drug-likeness (QED) is 0.541. The molecule has 1 aliphatic heterocycles. The van der Waals surface area contributed by atoms with Gasteiger partial charge >= 0.3 is 0 Å². The van der Waals surface area contributed by atoms with E-state index in [0.717, 1.165) is 26.5 Å². The Bertz CT molecular complexity index is 940. The van der Waals surface area contributed by atoms with Gasteiger partial charge in [-0.25, -0.2) is 4.98 Å². The SMILES string of the molecule is C=C1Sc2c(C)ccc(-c3ccc(C)c4nc(C)oc34)c2S1. The lowest BCUT2D eigenvalue weighted by atomic mass is 10.0. The van der Waals surface area contributed by atoms with Gasteiger partial charge in [-0.15, -0.1) is 0 Å². The Morgan fingerprint density at radius 1 is 0.909 bits per heavy atom. The molecule has 2 nitrogen and oxygen atoms in total. The average molecular weight is 325 g/mol. The van der Waals surface area contributed by atoms with E-state index in [4.69, 9.17) is 4.42 Å². The third kappa shape index (κ3) is 2.02. The minimum atomic E-state index is 0.709. The molecule has 110 valence electrons. The molecule has 2 aromatic carbocycles. The van der Waals surface area contributed by atoms with Gasteiger partial charge < -0.3 is 4.42 Å². The van der Waals surface area contributed by atoms with Crippen molar-refractivity contribution in [2.24, 2.45) is 0 Å². The molecule has 3 aromatic rings. The van der Waals surface area contributed by atoms with E-state index in [0.29, 0.717) is 5.89 Å². The molecule has 0 saturated carbocycles. The van der Waals surface area contributed by atoms with Crippen LogP contribution in [0, 0.1) is 20.8 Å². The monoisotopic (exact) mass is 325 g/mol. The van der Waals surface area contributed by atoms with Crippen molar-refractivity contribution in [2.45, 2.75) is 30.6 Å². The van der Waals surface area contributed by atoms with Crippen LogP contribution in [0.25, 0.3) is 22.2 Å². The summed E-state index contributed by atoms with van der Waals surface area (Å²) in [5, 5.41) is 0. The summed E-state index contributed by atoms with van der Waals surface area (Å²) in [4.78, 5) is 7.13. The van der Waals surface area contributed by atoms with Crippen molar-refractivity contribution < 1.29 is 4.42 Å². The molecule has 4 heteroatoms. The van der Waals surface area contributed by atoms with E-state index in [2.05, 4.69) is 49.7 Å². The standard InChI is InChI=1S/C18H15NOS2/c1-9-5-7-13(16-15(9)19-11(3)20-16)14-8-6-10(2)17-18(14)22-12(4)21-17/h5-8H,4H2,1-3H3. The molecule has 0 bridgehead atoms. The van der Waals surface area contributed by atoms with Crippen LogP contribution in [0.5, 0.6) is 0 Å². The van der Waals surface area contributed by atoms with E-state index in [9.17, 15) is 0 Å². The van der Waals surface area contributed by atoms with Crippen molar-refractivity contribution in [3.63, 3.8) is 0 Å². The molecule has 0 N–H and O–H groups in total. The Morgan fingerprint density at radius 2 is 1.59 bits per heavy atom. The maximum absolute atomic E-state index is 5.90. The van der Waals surface area contributed by atoms with Crippen molar-refractivity contribution in [3.8, 4) is 11.1 Å². The molecule has 0 unspecified atom stereocenters. The van der Waals surface area contributed by atoms with Gasteiger partial charge in [-0.2, -0.15) is 0 Å². The summed E-state index contributed by atoms with van der Waals surface area (Å²) >= 11 is 3.52. The first kappa shape index (κ1) is 14.0. The Hall–Kier alpha value is -1.65. The van der Waals surface area contributed by atoms with Crippen LogP contribution in [-0.4, -0.2) is 4.98 Å². The van der Waals surface area contributed by atoms with Gasteiger partial charge in [0, 0.05) is 32.1 Å². The van der Waals surface area contributed by atoms with E-state index in [-0.39, 0.29) is 0 Å². The number of oxazole rings is 1. The van der Waals surface area contributed by atoms with Gasteiger partial charge in [0.05, 0.1) is 0 Å². The largest absolute Gasteiger partial charge is 0.440 e. The average Bonchev–Trinajstić information content (AvgIpc) is 3.04. The highest BCUT2D eigenvalue weighted by molar-refractivity contribution is 8.24.